The number of nitrogens with zero attached hydrogens (tertiary/aromatic N) is 4. The van der Waals surface area contributed by atoms with Crippen LogP contribution in [-0.2, 0) is 0 Å². The lowest BCUT2D eigenvalue weighted by atomic mass is 9.93. The number of hydrogen-bond donors (Lipinski definition) is 0. The van der Waals surface area contributed by atoms with Crippen LogP contribution < -0.4 is 0 Å². The van der Waals surface area contributed by atoms with Gasteiger partial charge in [0.25, 0.3) is 0 Å². The molecule has 0 saturated carbocycles. The highest BCUT2D eigenvalue weighted by molar-refractivity contribution is 6.15. The van der Waals surface area contributed by atoms with Crippen LogP contribution in [0.25, 0.3) is 127 Å². The highest BCUT2D eigenvalue weighted by atomic mass is 16.3. The molecular weight excluding hydrogens is 781 g/mol. The predicted molar refractivity (Wildman–Crippen MR) is 264 cm³/mol. The minimum atomic E-state index is 0.547. The van der Waals surface area contributed by atoms with Gasteiger partial charge in [0.15, 0.2) is 17.5 Å². The summed E-state index contributed by atoms with van der Waals surface area (Å²) in [6, 6.07) is 77.0. The van der Waals surface area contributed by atoms with Crippen molar-refractivity contribution in [2.75, 3.05) is 0 Å². The first-order chi connectivity index (χ1) is 31.7. The van der Waals surface area contributed by atoms with Crippen molar-refractivity contribution in [3.8, 4) is 62.1 Å². The van der Waals surface area contributed by atoms with Gasteiger partial charge >= 0.3 is 0 Å². The maximum Gasteiger partial charge on any atom is 0.167 e. The second-order valence-corrected chi connectivity index (χ2v) is 16.4. The SMILES string of the molecule is c1ccc(-c2ccc3c4ccccc4n(-c4ccc(-c5nc(-c6cccc(-c7cccc8ccc9ccccc9c78)c6)nc(-c6cccc7c6oc6ccccc67)n5)cc4)c3c2)cc1. The lowest BCUT2D eigenvalue weighted by molar-refractivity contribution is 0.669. The Kier molecular flexibility index (Phi) is 8.15. The highest BCUT2D eigenvalue weighted by Crippen LogP contribution is 2.39. The van der Waals surface area contributed by atoms with Gasteiger partial charge < -0.3 is 8.98 Å². The van der Waals surface area contributed by atoms with Crippen LogP contribution in [0.4, 0.5) is 0 Å². The first-order valence-corrected chi connectivity index (χ1v) is 21.6. The van der Waals surface area contributed by atoms with E-state index in [0.29, 0.717) is 17.5 Å². The molecule has 3 aromatic heterocycles. The molecule has 0 unspecified atom stereocenters. The summed E-state index contributed by atoms with van der Waals surface area (Å²) in [4.78, 5) is 15.7. The molecule has 0 spiro atoms. The van der Waals surface area contributed by atoms with Gasteiger partial charge in [0, 0.05) is 38.4 Å². The van der Waals surface area contributed by atoms with E-state index in [1.54, 1.807) is 0 Å². The van der Waals surface area contributed by atoms with Gasteiger partial charge in [0.05, 0.1) is 16.6 Å². The molecule has 10 aromatic carbocycles. The van der Waals surface area contributed by atoms with Crippen LogP contribution in [-0.4, -0.2) is 19.5 Å². The van der Waals surface area contributed by atoms with Crippen molar-refractivity contribution in [2.45, 2.75) is 0 Å². The lowest BCUT2D eigenvalue weighted by Crippen LogP contribution is -2.01. The molecule has 0 amide bonds. The Bertz CT molecular complexity index is 3960. The number of benzene rings is 10. The first kappa shape index (κ1) is 36.0. The molecular formula is C59H36N4O. The molecule has 13 aromatic rings. The maximum absolute atomic E-state index is 6.54. The Hall–Kier alpha value is -8.67. The fourth-order valence-corrected chi connectivity index (χ4v) is 9.62. The zero-order chi connectivity index (χ0) is 42.1. The molecule has 5 heteroatoms. The number of rotatable bonds is 6. The van der Waals surface area contributed by atoms with Crippen molar-refractivity contribution >= 4 is 65.3 Å². The molecule has 0 aliphatic heterocycles. The summed E-state index contributed by atoms with van der Waals surface area (Å²) in [5.74, 6) is 1.71. The van der Waals surface area contributed by atoms with Gasteiger partial charge in [-0.05, 0) is 98.4 Å². The normalized spacial score (nSPS) is 11.8. The van der Waals surface area contributed by atoms with Gasteiger partial charge in [-0.15, -0.1) is 0 Å². The largest absolute Gasteiger partial charge is 0.455 e. The minimum absolute atomic E-state index is 0.547. The van der Waals surface area contributed by atoms with E-state index in [1.807, 2.05) is 24.3 Å². The van der Waals surface area contributed by atoms with E-state index in [1.165, 1.54) is 43.4 Å². The summed E-state index contributed by atoms with van der Waals surface area (Å²) in [5, 5.41) is 9.37. The van der Waals surface area contributed by atoms with Crippen LogP contribution in [0.5, 0.6) is 0 Å². The van der Waals surface area contributed by atoms with Crippen LogP contribution >= 0.6 is 0 Å². The number of furan rings is 1. The van der Waals surface area contributed by atoms with Gasteiger partial charge in [-0.25, -0.2) is 15.0 Å². The number of para-hydroxylation sites is 3. The molecule has 64 heavy (non-hydrogen) atoms. The third-order valence-electron chi connectivity index (χ3n) is 12.6. The van der Waals surface area contributed by atoms with Crippen molar-refractivity contribution in [2.24, 2.45) is 0 Å². The predicted octanol–water partition coefficient (Wildman–Crippen LogP) is 15.5. The summed E-state index contributed by atoms with van der Waals surface area (Å²) < 4.78 is 8.90. The van der Waals surface area contributed by atoms with Crippen LogP contribution in [0.3, 0.4) is 0 Å². The van der Waals surface area contributed by atoms with Gasteiger partial charge in [0.1, 0.15) is 11.2 Å². The molecule has 0 radical (unpaired) electrons. The van der Waals surface area contributed by atoms with E-state index in [0.717, 1.165) is 66.5 Å². The monoisotopic (exact) mass is 816 g/mol. The summed E-state index contributed by atoms with van der Waals surface area (Å²) in [6.45, 7) is 0. The summed E-state index contributed by atoms with van der Waals surface area (Å²) in [5.41, 5.74) is 12.1. The van der Waals surface area contributed by atoms with E-state index in [-0.39, 0.29) is 0 Å². The van der Waals surface area contributed by atoms with Crippen molar-refractivity contribution in [1.29, 1.82) is 0 Å². The molecule has 5 nitrogen and oxygen atoms in total. The highest BCUT2D eigenvalue weighted by Gasteiger charge is 2.20. The average molecular weight is 817 g/mol. The summed E-state index contributed by atoms with van der Waals surface area (Å²) in [7, 11) is 0. The summed E-state index contributed by atoms with van der Waals surface area (Å²) >= 11 is 0. The molecule has 0 aliphatic carbocycles. The molecule has 3 heterocycles. The zero-order valence-corrected chi connectivity index (χ0v) is 34.5. The Morgan fingerprint density at radius 1 is 0.328 bits per heavy atom. The van der Waals surface area contributed by atoms with Crippen molar-refractivity contribution in [1.82, 2.24) is 19.5 Å². The Morgan fingerprint density at radius 2 is 0.938 bits per heavy atom. The summed E-state index contributed by atoms with van der Waals surface area (Å²) in [6.07, 6.45) is 0. The van der Waals surface area contributed by atoms with Crippen LogP contribution in [0.1, 0.15) is 0 Å². The van der Waals surface area contributed by atoms with Gasteiger partial charge in [-0.3, -0.25) is 0 Å². The molecule has 298 valence electrons. The fourth-order valence-electron chi connectivity index (χ4n) is 9.62. The van der Waals surface area contributed by atoms with Crippen LogP contribution in [0.2, 0.25) is 0 Å². The van der Waals surface area contributed by atoms with E-state index >= 15 is 0 Å². The fraction of sp³-hybridized carbons (Fsp3) is 0. The number of aromatic nitrogens is 4. The molecule has 0 bridgehead atoms. The van der Waals surface area contributed by atoms with Crippen LogP contribution in [0, 0.1) is 0 Å². The Balaban J connectivity index is 0.980. The Morgan fingerprint density at radius 3 is 1.83 bits per heavy atom. The lowest BCUT2D eigenvalue weighted by Gasteiger charge is -2.13. The topological polar surface area (TPSA) is 56.7 Å². The third-order valence-corrected chi connectivity index (χ3v) is 12.6. The standard InChI is InChI=1S/C59H36N4O/c1-2-13-37(14-3-1)41-31-34-48-47-20-6-8-25-52(47)63(53(48)36-41)44-32-29-40(30-33-44)57-60-58(62-59(61-57)51-24-12-23-50-49-21-7-9-26-54(49)64-56(50)51)43-18-10-17-42(35-43)46-22-11-16-39-28-27-38-15-4-5-19-45(38)55(39)46/h1-36H. The zero-order valence-electron chi connectivity index (χ0n) is 34.5. The maximum atomic E-state index is 6.54. The number of hydrogen-bond acceptors (Lipinski definition) is 4. The van der Waals surface area contributed by atoms with Crippen molar-refractivity contribution in [3.05, 3.63) is 218 Å². The van der Waals surface area contributed by atoms with Crippen LogP contribution in [0.15, 0.2) is 223 Å². The van der Waals surface area contributed by atoms with Crippen molar-refractivity contribution in [3.63, 3.8) is 0 Å². The molecule has 0 aliphatic rings. The quantitative estimate of drug-likeness (QED) is 0.157. The van der Waals surface area contributed by atoms with E-state index in [2.05, 4.69) is 199 Å². The average Bonchev–Trinajstić information content (AvgIpc) is 3.92. The third kappa shape index (κ3) is 5.83. The molecule has 0 fully saturated rings. The molecule has 13 rings (SSSR count). The second-order valence-electron chi connectivity index (χ2n) is 16.4. The van der Waals surface area contributed by atoms with Gasteiger partial charge in [-0.2, -0.15) is 0 Å². The number of fused-ring (bicyclic) bond motifs is 9. The minimum Gasteiger partial charge on any atom is -0.455 e. The Labute approximate surface area is 368 Å². The van der Waals surface area contributed by atoms with Gasteiger partial charge in [0.2, 0.25) is 0 Å². The molecule has 0 atom stereocenters. The van der Waals surface area contributed by atoms with E-state index in [4.69, 9.17) is 19.4 Å². The molecule has 0 N–H and O–H groups in total. The second kappa shape index (κ2) is 14.5. The van der Waals surface area contributed by atoms with E-state index < -0.39 is 0 Å². The van der Waals surface area contributed by atoms with Crippen molar-refractivity contribution < 1.29 is 4.42 Å². The van der Waals surface area contributed by atoms with Gasteiger partial charge in [-0.1, -0.05) is 164 Å². The first-order valence-electron chi connectivity index (χ1n) is 21.6. The van der Waals surface area contributed by atoms with E-state index in [9.17, 15) is 0 Å². The smallest absolute Gasteiger partial charge is 0.167 e. The molecule has 0 saturated heterocycles.